The first-order valence-electron chi connectivity index (χ1n) is 5.21. The van der Waals surface area contributed by atoms with E-state index in [0.717, 1.165) is 5.56 Å². The average Bonchev–Trinajstić information content (AvgIpc) is 2.29. The summed E-state index contributed by atoms with van der Waals surface area (Å²) in [6, 6.07) is 8.12. The summed E-state index contributed by atoms with van der Waals surface area (Å²) in [5.74, 6) is 0.283. The van der Waals surface area contributed by atoms with Crippen molar-refractivity contribution in [1.82, 2.24) is 4.72 Å². The first-order chi connectivity index (χ1) is 8.45. The average molecular weight is 286 g/mol. The summed E-state index contributed by atoms with van der Waals surface area (Å²) in [5, 5.41) is 8.51. The smallest absolute Gasteiger partial charge is 0.240 e. The highest BCUT2D eigenvalue weighted by molar-refractivity contribution is 7.89. The normalized spacial score (nSPS) is 12.9. The quantitative estimate of drug-likeness (QED) is 0.820. The van der Waals surface area contributed by atoms with Crippen LogP contribution in [0.5, 0.6) is 0 Å². The maximum absolute atomic E-state index is 11.8. The zero-order valence-electron chi connectivity index (χ0n) is 9.92. The van der Waals surface area contributed by atoms with Crippen LogP contribution in [-0.4, -0.2) is 31.2 Å². The van der Waals surface area contributed by atoms with E-state index < -0.39 is 20.8 Å². The molecule has 1 N–H and O–H groups in total. The number of rotatable bonds is 6. The zero-order chi connectivity index (χ0) is 13.6. The molecule has 0 heterocycles. The van der Waals surface area contributed by atoms with Crippen LogP contribution >= 0.6 is 0 Å². The van der Waals surface area contributed by atoms with Gasteiger partial charge < -0.3 is 0 Å². The van der Waals surface area contributed by atoms with Crippen molar-refractivity contribution >= 4 is 20.8 Å². The molecule has 0 spiro atoms. The summed E-state index contributed by atoms with van der Waals surface area (Å²) in [4.78, 5) is 0.145. The molecule has 0 radical (unpaired) electrons. The zero-order valence-corrected chi connectivity index (χ0v) is 11.6. The van der Waals surface area contributed by atoms with E-state index in [2.05, 4.69) is 4.72 Å². The lowest BCUT2D eigenvalue weighted by Gasteiger charge is -2.06. The van der Waals surface area contributed by atoms with Crippen molar-refractivity contribution in [2.45, 2.75) is 11.3 Å². The molecule has 0 saturated heterocycles. The molecule has 1 aromatic rings. The molecule has 0 aliphatic rings. The minimum Gasteiger partial charge on any atom is -0.260 e. The van der Waals surface area contributed by atoms with Gasteiger partial charge in [0, 0.05) is 29.4 Å². The Morgan fingerprint density at radius 3 is 2.44 bits per heavy atom. The van der Waals surface area contributed by atoms with E-state index in [0.29, 0.717) is 0 Å². The molecule has 0 amide bonds. The van der Waals surface area contributed by atoms with Crippen LogP contribution < -0.4 is 4.72 Å². The lowest BCUT2D eigenvalue weighted by Crippen LogP contribution is -2.27. The molecule has 1 atom stereocenters. The summed E-state index contributed by atoms with van der Waals surface area (Å²) in [6.07, 6.45) is 1.77. The van der Waals surface area contributed by atoms with Crippen molar-refractivity contribution in [3.8, 4) is 6.07 Å². The number of hydrogen-bond donors (Lipinski definition) is 1. The van der Waals surface area contributed by atoms with Crippen LogP contribution in [-0.2, 0) is 27.2 Å². The first-order valence-corrected chi connectivity index (χ1v) is 8.42. The maximum atomic E-state index is 11.8. The van der Waals surface area contributed by atoms with Crippen LogP contribution in [0.15, 0.2) is 29.2 Å². The van der Waals surface area contributed by atoms with E-state index in [-0.39, 0.29) is 23.6 Å². The summed E-state index contributed by atoms with van der Waals surface area (Å²) in [6.45, 7) is 0.144. The van der Waals surface area contributed by atoms with Crippen molar-refractivity contribution in [1.29, 1.82) is 5.26 Å². The molecule has 0 bridgehead atoms. The molecule has 98 valence electrons. The van der Waals surface area contributed by atoms with Gasteiger partial charge in [0.2, 0.25) is 10.0 Å². The van der Waals surface area contributed by atoms with Crippen LogP contribution in [0, 0.1) is 11.3 Å². The topological polar surface area (TPSA) is 87.0 Å². The van der Waals surface area contributed by atoms with Gasteiger partial charge in [0.25, 0.3) is 0 Å². The van der Waals surface area contributed by atoms with Gasteiger partial charge in [-0.15, -0.1) is 0 Å². The van der Waals surface area contributed by atoms with Gasteiger partial charge in [-0.3, -0.25) is 4.21 Å². The fourth-order valence-electron chi connectivity index (χ4n) is 1.28. The largest absolute Gasteiger partial charge is 0.260 e. The van der Waals surface area contributed by atoms with E-state index in [1.54, 1.807) is 12.1 Å². The molecular weight excluding hydrogens is 272 g/mol. The van der Waals surface area contributed by atoms with Crippen LogP contribution in [0.4, 0.5) is 0 Å². The SMILES string of the molecule is CS(=O)CCNS(=O)(=O)c1ccc(CC#N)cc1. The monoisotopic (exact) mass is 286 g/mol. The van der Waals surface area contributed by atoms with E-state index in [9.17, 15) is 12.6 Å². The lowest BCUT2D eigenvalue weighted by atomic mass is 10.2. The summed E-state index contributed by atoms with van der Waals surface area (Å²) < 4.78 is 36.8. The third-order valence-electron chi connectivity index (χ3n) is 2.20. The number of hydrogen-bond acceptors (Lipinski definition) is 4. The second-order valence-corrected chi connectivity index (χ2v) is 6.98. The third-order valence-corrected chi connectivity index (χ3v) is 4.45. The molecular formula is C11H14N2O3S2. The minimum absolute atomic E-state index is 0.144. The van der Waals surface area contributed by atoms with E-state index in [4.69, 9.17) is 5.26 Å². The maximum Gasteiger partial charge on any atom is 0.240 e. The Morgan fingerprint density at radius 1 is 1.33 bits per heavy atom. The molecule has 0 fully saturated rings. The Morgan fingerprint density at radius 2 is 1.94 bits per heavy atom. The molecule has 5 nitrogen and oxygen atoms in total. The van der Waals surface area contributed by atoms with Crippen LogP contribution in [0.2, 0.25) is 0 Å². The second kappa shape index (κ2) is 6.64. The summed E-state index contributed by atoms with van der Waals surface area (Å²) >= 11 is 0. The molecule has 1 aromatic carbocycles. The van der Waals surface area contributed by atoms with Gasteiger partial charge in [-0.25, -0.2) is 13.1 Å². The molecule has 7 heteroatoms. The number of sulfonamides is 1. The van der Waals surface area contributed by atoms with Crippen LogP contribution in [0.1, 0.15) is 5.56 Å². The highest BCUT2D eigenvalue weighted by Gasteiger charge is 2.13. The highest BCUT2D eigenvalue weighted by Crippen LogP contribution is 2.10. The van der Waals surface area contributed by atoms with Gasteiger partial charge in [-0.1, -0.05) is 12.1 Å². The predicted octanol–water partition coefficient (Wildman–Crippen LogP) is 0.409. The first kappa shape index (κ1) is 14.8. The Kier molecular flexibility index (Phi) is 5.47. The molecule has 0 aromatic heterocycles. The Bertz CT molecular complexity index is 559. The second-order valence-electron chi connectivity index (χ2n) is 3.65. The van der Waals surface area contributed by atoms with Crippen LogP contribution in [0.25, 0.3) is 0 Å². The Hall–Kier alpha value is -1.23. The Balaban J connectivity index is 2.73. The molecule has 1 unspecified atom stereocenters. The molecule has 1 rings (SSSR count). The fourth-order valence-corrected chi connectivity index (χ4v) is 2.83. The molecule has 0 aliphatic heterocycles. The number of nitriles is 1. The van der Waals surface area contributed by atoms with E-state index in [1.807, 2.05) is 6.07 Å². The lowest BCUT2D eigenvalue weighted by molar-refractivity contribution is 0.584. The van der Waals surface area contributed by atoms with Gasteiger partial charge in [0.15, 0.2) is 0 Å². The van der Waals surface area contributed by atoms with Crippen molar-refractivity contribution in [3.63, 3.8) is 0 Å². The summed E-state index contributed by atoms with van der Waals surface area (Å²) in [7, 11) is -4.58. The number of nitrogens with one attached hydrogen (secondary N) is 1. The third kappa shape index (κ3) is 4.56. The van der Waals surface area contributed by atoms with Crippen molar-refractivity contribution in [2.24, 2.45) is 0 Å². The predicted molar refractivity (Wildman–Crippen MR) is 69.9 cm³/mol. The highest BCUT2D eigenvalue weighted by atomic mass is 32.2. The van der Waals surface area contributed by atoms with Crippen molar-refractivity contribution in [2.75, 3.05) is 18.6 Å². The van der Waals surface area contributed by atoms with E-state index >= 15 is 0 Å². The Labute approximate surface area is 109 Å². The summed E-state index contributed by atoms with van der Waals surface area (Å²) in [5.41, 5.74) is 0.770. The van der Waals surface area contributed by atoms with Gasteiger partial charge in [-0.05, 0) is 17.7 Å². The molecule has 0 aliphatic carbocycles. The number of benzene rings is 1. The minimum atomic E-state index is -3.56. The van der Waals surface area contributed by atoms with Crippen molar-refractivity contribution in [3.05, 3.63) is 29.8 Å². The standard InChI is InChI=1S/C11H14N2O3S2/c1-17(14)9-8-13-18(15,16)11-4-2-10(3-5-11)6-7-12/h2-5,13H,6,8-9H2,1H3. The van der Waals surface area contributed by atoms with Crippen molar-refractivity contribution < 1.29 is 12.6 Å². The van der Waals surface area contributed by atoms with Crippen LogP contribution in [0.3, 0.4) is 0 Å². The van der Waals surface area contributed by atoms with E-state index in [1.165, 1.54) is 18.4 Å². The number of nitrogens with zero attached hydrogens (tertiary/aromatic N) is 1. The van der Waals surface area contributed by atoms with Gasteiger partial charge in [0.05, 0.1) is 17.4 Å². The van der Waals surface area contributed by atoms with Gasteiger partial charge >= 0.3 is 0 Å². The molecule has 18 heavy (non-hydrogen) atoms. The molecule has 0 saturated carbocycles. The van der Waals surface area contributed by atoms with Gasteiger partial charge in [-0.2, -0.15) is 5.26 Å². The fraction of sp³-hybridized carbons (Fsp3) is 0.364. The van der Waals surface area contributed by atoms with Gasteiger partial charge in [0.1, 0.15) is 0 Å².